The lowest BCUT2D eigenvalue weighted by Crippen LogP contribution is -2.29. The molecule has 3 atom stereocenters. The van der Waals surface area contributed by atoms with E-state index in [4.69, 9.17) is 19.3 Å². The average molecular weight is 751 g/mol. The van der Waals surface area contributed by atoms with Crippen LogP contribution >= 0.6 is 7.82 Å². The molecule has 0 radical (unpaired) electrons. The van der Waals surface area contributed by atoms with Crippen molar-refractivity contribution < 1.29 is 48.2 Å². The predicted octanol–water partition coefficient (Wildman–Crippen LogP) is 9.23. The molecule has 0 aromatic heterocycles. The molecule has 0 unspecified atom stereocenters. The van der Waals surface area contributed by atoms with Crippen LogP contribution in [0.1, 0.15) is 129 Å². The number of ether oxygens (including phenoxy) is 2. The number of carbonyl (C=O) groups is 2. The largest absolute Gasteiger partial charge is 0.469 e. The molecule has 52 heavy (non-hydrogen) atoms. The number of allylic oxidation sites excluding steroid dienone is 11. The van der Waals surface area contributed by atoms with Crippen LogP contribution in [0.15, 0.2) is 85.1 Å². The quantitative estimate of drug-likeness (QED) is 0.0167. The maximum Gasteiger partial charge on any atom is 0.469 e. The summed E-state index contributed by atoms with van der Waals surface area (Å²) < 4.78 is 26.1. The zero-order valence-electron chi connectivity index (χ0n) is 31.6. The number of phosphoric ester groups is 1. The van der Waals surface area contributed by atoms with Gasteiger partial charge in [-0.2, -0.15) is 0 Å². The van der Waals surface area contributed by atoms with Crippen LogP contribution in [-0.2, 0) is 28.2 Å². The number of hydrogen-bond donors (Lipinski definition) is 4. The molecule has 10 nitrogen and oxygen atoms in total. The summed E-state index contributed by atoms with van der Waals surface area (Å²) >= 11 is 0. The molecule has 0 aliphatic heterocycles. The van der Waals surface area contributed by atoms with Crippen LogP contribution in [0.4, 0.5) is 0 Å². The Labute approximate surface area is 313 Å². The molecule has 296 valence electrons. The molecule has 0 bridgehead atoms. The Balaban J connectivity index is 4.30. The molecule has 0 aromatic carbocycles. The monoisotopic (exact) mass is 750 g/mol. The van der Waals surface area contributed by atoms with Crippen molar-refractivity contribution in [3.63, 3.8) is 0 Å². The van der Waals surface area contributed by atoms with Crippen molar-refractivity contribution in [2.75, 3.05) is 13.2 Å². The van der Waals surface area contributed by atoms with Crippen molar-refractivity contribution in [1.82, 2.24) is 0 Å². The van der Waals surface area contributed by atoms with E-state index in [0.717, 1.165) is 64.2 Å². The second-order valence-electron chi connectivity index (χ2n) is 12.6. The van der Waals surface area contributed by atoms with E-state index in [0.29, 0.717) is 19.3 Å². The normalized spacial score (nSPS) is 14.7. The summed E-state index contributed by atoms with van der Waals surface area (Å²) in [6.07, 6.45) is 39.3. The van der Waals surface area contributed by atoms with E-state index in [1.807, 2.05) is 6.08 Å². The SMILES string of the molecule is CC/C=C\C/C=C\C/C=C\CCCCCCCC(=O)OC[C@H](COP(=O)(O)O)OC(=O)CCC[C@@H](O)\C=C/C=C/C=C/[C@@H](O)C/C=C\CCCCC. The Morgan fingerprint density at radius 3 is 1.88 bits per heavy atom. The van der Waals surface area contributed by atoms with Crippen LogP contribution in [0, 0.1) is 0 Å². The summed E-state index contributed by atoms with van der Waals surface area (Å²) in [6, 6.07) is 0. The van der Waals surface area contributed by atoms with Crippen LogP contribution in [0.25, 0.3) is 0 Å². The Hall–Kier alpha value is -2.85. The topological polar surface area (TPSA) is 160 Å². The average Bonchev–Trinajstić information content (AvgIpc) is 3.10. The number of aliphatic hydroxyl groups excluding tert-OH is 2. The lowest BCUT2D eigenvalue weighted by atomic mass is 10.1. The van der Waals surface area contributed by atoms with Crippen molar-refractivity contribution >= 4 is 19.8 Å². The van der Waals surface area contributed by atoms with Gasteiger partial charge in [-0.3, -0.25) is 14.1 Å². The van der Waals surface area contributed by atoms with E-state index < -0.39 is 44.7 Å². The van der Waals surface area contributed by atoms with Crippen LogP contribution < -0.4 is 0 Å². The molecule has 0 aromatic rings. The molecule has 0 spiro atoms. The first-order valence-corrected chi connectivity index (χ1v) is 20.6. The van der Waals surface area contributed by atoms with Crippen molar-refractivity contribution in [3.05, 3.63) is 85.1 Å². The minimum Gasteiger partial charge on any atom is -0.462 e. The Kier molecular flexibility index (Phi) is 33.3. The number of phosphoric acid groups is 1. The van der Waals surface area contributed by atoms with Crippen LogP contribution in [-0.4, -0.2) is 63.5 Å². The lowest BCUT2D eigenvalue weighted by molar-refractivity contribution is -0.161. The molecule has 4 N–H and O–H groups in total. The van der Waals surface area contributed by atoms with Gasteiger partial charge >= 0.3 is 19.8 Å². The number of hydrogen-bond acceptors (Lipinski definition) is 8. The summed E-state index contributed by atoms with van der Waals surface area (Å²) in [6.45, 7) is 3.27. The zero-order chi connectivity index (χ0) is 38.5. The van der Waals surface area contributed by atoms with Gasteiger partial charge in [0.2, 0.25) is 0 Å². The highest BCUT2D eigenvalue weighted by Crippen LogP contribution is 2.36. The molecule has 0 heterocycles. The van der Waals surface area contributed by atoms with Crippen LogP contribution in [0.5, 0.6) is 0 Å². The molecular formula is C41H67O10P. The molecule has 0 saturated heterocycles. The fraction of sp³-hybridized carbons (Fsp3) is 0.610. The molecule has 11 heteroatoms. The third-order valence-electron chi connectivity index (χ3n) is 7.59. The van der Waals surface area contributed by atoms with Gasteiger partial charge in [0.05, 0.1) is 18.8 Å². The molecule has 0 saturated carbocycles. The van der Waals surface area contributed by atoms with E-state index in [-0.39, 0.29) is 25.9 Å². The van der Waals surface area contributed by atoms with Crippen molar-refractivity contribution in [3.8, 4) is 0 Å². The number of rotatable bonds is 33. The van der Waals surface area contributed by atoms with Gasteiger partial charge in [-0.25, -0.2) is 4.57 Å². The van der Waals surface area contributed by atoms with E-state index in [2.05, 4.69) is 60.9 Å². The van der Waals surface area contributed by atoms with Gasteiger partial charge < -0.3 is 29.5 Å². The van der Waals surface area contributed by atoms with Crippen LogP contribution in [0.3, 0.4) is 0 Å². The molecule has 0 aliphatic rings. The zero-order valence-corrected chi connectivity index (χ0v) is 32.5. The second kappa shape index (κ2) is 35.2. The fourth-order valence-corrected chi connectivity index (χ4v) is 5.06. The van der Waals surface area contributed by atoms with Gasteiger partial charge in [0.1, 0.15) is 6.61 Å². The van der Waals surface area contributed by atoms with E-state index in [9.17, 15) is 24.4 Å². The number of unbranched alkanes of at least 4 members (excludes halogenated alkanes) is 8. The summed E-state index contributed by atoms with van der Waals surface area (Å²) in [5, 5.41) is 20.2. The molecule has 0 rings (SSSR count). The first-order valence-electron chi connectivity index (χ1n) is 19.1. The second-order valence-corrected chi connectivity index (χ2v) is 13.8. The standard InChI is InChI=1S/C41H67O10P/c1-3-5-7-9-11-12-13-14-15-16-17-18-19-21-27-33-40(44)49-35-39(36-50-52(46,47)48)51-41(45)34-28-32-38(43)31-26-23-22-25-30-37(42)29-24-20-10-8-6-4-2/h5,7,11-12,14-15,20,22-26,30-31,37-39,42-43H,3-4,6,8-10,13,16-19,21,27-29,32-36H2,1-2H3,(H2,46,47,48)/b7-5-,12-11-,15-14-,23-22+,24-20-,30-25+,31-26-/t37-,38-,39+/m0/s1. The van der Waals surface area contributed by atoms with Crippen molar-refractivity contribution in [2.45, 2.75) is 148 Å². The maximum absolute atomic E-state index is 12.4. The summed E-state index contributed by atoms with van der Waals surface area (Å²) in [7, 11) is -4.83. The highest BCUT2D eigenvalue weighted by Gasteiger charge is 2.23. The Bertz CT molecular complexity index is 1150. The van der Waals surface area contributed by atoms with Gasteiger partial charge in [-0.1, -0.05) is 131 Å². The summed E-state index contributed by atoms with van der Waals surface area (Å²) in [4.78, 5) is 42.7. The minimum atomic E-state index is -4.83. The van der Waals surface area contributed by atoms with Crippen molar-refractivity contribution in [2.24, 2.45) is 0 Å². The Morgan fingerprint density at radius 2 is 1.21 bits per heavy atom. The van der Waals surface area contributed by atoms with Gasteiger partial charge in [0.15, 0.2) is 6.10 Å². The van der Waals surface area contributed by atoms with E-state index in [1.54, 1.807) is 36.5 Å². The number of esters is 2. The third-order valence-corrected chi connectivity index (χ3v) is 8.07. The predicted molar refractivity (Wildman–Crippen MR) is 209 cm³/mol. The molecule has 0 aliphatic carbocycles. The smallest absolute Gasteiger partial charge is 0.462 e. The van der Waals surface area contributed by atoms with Crippen molar-refractivity contribution in [1.29, 1.82) is 0 Å². The van der Waals surface area contributed by atoms with E-state index in [1.165, 1.54) is 12.8 Å². The molecule has 0 amide bonds. The molecular weight excluding hydrogens is 683 g/mol. The Morgan fingerprint density at radius 1 is 0.635 bits per heavy atom. The fourth-order valence-electron chi connectivity index (χ4n) is 4.70. The van der Waals surface area contributed by atoms with Gasteiger partial charge in [-0.15, -0.1) is 0 Å². The number of carbonyl (C=O) groups excluding carboxylic acids is 2. The molecule has 0 fully saturated rings. The lowest BCUT2D eigenvalue weighted by Gasteiger charge is -2.18. The van der Waals surface area contributed by atoms with Gasteiger partial charge in [-0.05, 0) is 70.6 Å². The van der Waals surface area contributed by atoms with E-state index >= 15 is 0 Å². The summed E-state index contributed by atoms with van der Waals surface area (Å²) in [5.74, 6) is -1.16. The maximum atomic E-state index is 12.4. The first kappa shape index (κ1) is 49.1. The summed E-state index contributed by atoms with van der Waals surface area (Å²) in [5.41, 5.74) is 0. The van der Waals surface area contributed by atoms with Gasteiger partial charge in [0.25, 0.3) is 0 Å². The third kappa shape index (κ3) is 36.9. The highest BCUT2D eigenvalue weighted by atomic mass is 31.2. The van der Waals surface area contributed by atoms with Crippen LogP contribution in [0.2, 0.25) is 0 Å². The first-order chi connectivity index (χ1) is 25.1. The number of aliphatic hydroxyl groups is 2. The highest BCUT2D eigenvalue weighted by molar-refractivity contribution is 7.46. The van der Waals surface area contributed by atoms with Gasteiger partial charge in [0, 0.05) is 12.8 Å². The minimum absolute atomic E-state index is 0.0570.